The van der Waals surface area contributed by atoms with Gasteiger partial charge in [-0.1, -0.05) is 98.8 Å². The van der Waals surface area contributed by atoms with Crippen molar-refractivity contribution in [2.45, 2.75) is 264 Å². The van der Waals surface area contributed by atoms with Gasteiger partial charge >= 0.3 is 30.3 Å². The van der Waals surface area contributed by atoms with Crippen molar-refractivity contribution in [3.63, 3.8) is 0 Å². The van der Waals surface area contributed by atoms with Crippen molar-refractivity contribution in [2.24, 2.45) is 11.7 Å². The summed E-state index contributed by atoms with van der Waals surface area (Å²) in [4.78, 5) is 214. The fourth-order valence-electron chi connectivity index (χ4n) is 11.5. The molecule has 0 aliphatic carbocycles. The van der Waals surface area contributed by atoms with Gasteiger partial charge in [-0.2, -0.15) is 0 Å². The number of nitrogens with one attached hydrogen (secondary N) is 14. The summed E-state index contributed by atoms with van der Waals surface area (Å²) in [6.07, 6.45) is -12.5. The van der Waals surface area contributed by atoms with Crippen molar-refractivity contribution in [1.82, 2.24) is 74.4 Å². The minimum Gasteiger partial charge on any atom is -0.452 e. The molecule has 0 bridgehead atoms. The van der Waals surface area contributed by atoms with Crippen molar-refractivity contribution in [2.75, 3.05) is 39.3 Å². The summed E-state index contributed by atoms with van der Waals surface area (Å²) in [6, 6.07) is 8.70. The van der Waals surface area contributed by atoms with Crippen LogP contribution in [0.4, 0.5) is 19.2 Å². The van der Waals surface area contributed by atoms with E-state index in [1.807, 2.05) is 30.3 Å². The molecule has 1 heterocycles. The van der Waals surface area contributed by atoms with E-state index < -0.39 is 236 Å². The van der Waals surface area contributed by atoms with E-state index in [4.69, 9.17) is 29.4 Å². The Kier molecular flexibility index (Phi) is 39.7. The van der Waals surface area contributed by atoms with Gasteiger partial charge in [0.1, 0.15) is 76.8 Å². The third kappa shape index (κ3) is 38.3. The summed E-state index contributed by atoms with van der Waals surface area (Å²) in [6.45, 7) is 22.3. The molecule has 37 heteroatoms. The van der Waals surface area contributed by atoms with E-state index in [1.165, 1.54) is 0 Å². The first-order valence-corrected chi connectivity index (χ1v) is 39.4. The Balaban J connectivity index is 1.91. The van der Waals surface area contributed by atoms with E-state index in [-0.39, 0.29) is 51.2 Å². The minimum atomic E-state index is -1.94. The summed E-state index contributed by atoms with van der Waals surface area (Å²) in [7, 11) is 0. The van der Waals surface area contributed by atoms with E-state index in [0.29, 0.717) is 11.1 Å². The zero-order valence-corrected chi connectivity index (χ0v) is 70.3. The Hall–Kier alpha value is -11.2. The van der Waals surface area contributed by atoms with Gasteiger partial charge in [0, 0.05) is 45.6 Å². The molecule has 1 unspecified atom stereocenters. The van der Waals surface area contributed by atoms with Crippen LogP contribution < -0.4 is 80.2 Å². The average Bonchev–Trinajstić information content (AvgIpc) is 0.979. The molecule has 14 amide bonds. The third-order valence-electron chi connectivity index (χ3n) is 17.1. The fraction of sp³-hybridized carbons (Fsp3) is 0.593. The molecular formula is C81H123N15O22. The molecule has 1 fully saturated rings. The Morgan fingerprint density at radius 2 is 0.881 bits per heavy atom. The Bertz CT molecular complexity index is 3860. The number of hydrogen-bond acceptors (Lipinski definition) is 23. The highest BCUT2D eigenvalue weighted by atomic mass is 16.6. The van der Waals surface area contributed by atoms with Gasteiger partial charge in [-0.25, -0.2) is 19.2 Å². The minimum absolute atomic E-state index is 0.121. The second kappa shape index (κ2) is 47.3. The lowest BCUT2D eigenvalue weighted by molar-refractivity contribution is -0.156. The number of benzene rings is 3. The molecule has 654 valence electrons. The molecule has 118 heavy (non-hydrogen) atoms. The van der Waals surface area contributed by atoms with E-state index in [2.05, 4.69) is 74.4 Å². The Morgan fingerprint density at radius 3 is 1.33 bits per heavy atom. The number of ether oxygens (including phenoxy) is 5. The second-order valence-corrected chi connectivity index (χ2v) is 32.9. The molecule has 0 radical (unpaired) electrons. The maximum absolute atomic E-state index is 15.4. The van der Waals surface area contributed by atoms with E-state index >= 15 is 19.2 Å². The van der Waals surface area contributed by atoms with Crippen molar-refractivity contribution >= 4 is 89.4 Å². The lowest BCUT2D eigenvalue weighted by Crippen LogP contribution is -2.62. The van der Waals surface area contributed by atoms with Gasteiger partial charge in [-0.3, -0.25) is 52.7 Å². The summed E-state index contributed by atoms with van der Waals surface area (Å²) in [5.74, 6) is -12.4. The zero-order valence-electron chi connectivity index (χ0n) is 70.3. The number of aliphatic hydroxyl groups is 2. The van der Waals surface area contributed by atoms with Gasteiger partial charge < -0.3 is 114 Å². The van der Waals surface area contributed by atoms with Crippen LogP contribution >= 0.6 is 0 Å². The molecule has 4 rings (SSSR count). The number of hydrogen-bond donors (Lipinski definition) is 17. The lowest BCUT2D eigenvalue weighted by Gasteiger charge is -2.29. The molecule has 37 nitrogen and oxygen atoms in total. The van der Waals surface area contributed by atoms with Gasteiger partial charge in [0.25, 0.3) is 5.91 Å². The number of rotatable bonds is 30. The van der Waals surface area contributed by atoms with Gasteiger partial charge in [0.2, 0.25) is 53.2 Å². The highest BCUT2D eigenvalue weighted by Crippen LogP contribution is 2.21. The van der Waals surface area contributed by atoms with Crippen LogP contribution in [0.1, 0.15) is 167 Å². The lowest BCUT2D eigenvalue weighted by atomic mass is 10.00. The van der Waals surface area contributed by atoms with Crippen LogP contribution in [0.3, 0.4) is 0 Å². The van der Waals surface area contributed by atoms with Crippen molar-refractivity contribution in [1.29, 1.82) is 0 Å². The summed E-state index contributed by atoms with van der Waals surface area (Å²) >= 11 is 0. The Morgan fingerprint density at radius 1 is 0.466 bits per heavy atom. The molecule has 1 aliphatic heterocycles. The molecule has 1 aliphatic rings. The first kappa shape index (κ1) is 99.2. The van der Waals surface area contributed by atoms with Crippen molar-refractivity contribution in [3.05, 3.63) is 96.1 Å². The smallest absolute Gasteiger partial charge is 0.407 e. The normalized spacial score (nSPS) is 19.7. The summed E-state index contributed by atoms with van der Waals surface area (Å²) < 4.78 is 27.2. The molecule has 0 saturated carbocycles. The van der Waals surface area contributed by atoms with Gasteiger partial charge in [0.05, 0.1) is 18.6 Å². The van der Waals surface area contributed by atoms with Crippen LogP contribution in [0.15, 0.2) is 84.9 Å². The van der Waals surface area contributed by atoms with Crippen molar-refractivity contribution < 1.29 is 106 Å². The SMILES string of the molecule is CC(C)C[C@@H]1NC(=O)[C@@H](Cc2ccccc2)NC(=O)[C@H](CCNC(=O)OC(C)(C)C)NC(=O)[C@@H](NC(=O)[C@H](CCNC(=O)OC(C)(C)C)NC(=O)[C@@H](NC(=O)[C@H](CCN)OC(=O)Cc2ccc(-c3ccccc3)cc2)C(C)O)CCNC(=O)[C@H]([C@H](C)O)NC(=O)[C@H](CCNC(=O)OC(C)(C)C)NC(=O)[C@H](CCNC(=O)OC(C)(C)C)NC1=O. The standard InChI is InChI=1S/C81H123N15O22/c1-46(2)43-58-69(105)91-54(33-39-84-74(110)115-78(5,6)7)65(101)90-57(36-42-87-77(113)118-81(14,15)16)68(104)95-62(47(3)97)72(108)83-38-32-53(64(100)89-55(34-40-85-75(111)116-79(8,9)10)67(103)94-59(70(106)93-58)44-49-23-19-17-20-24-49)88-66(102)56(35-41-86-76(112)117-80(11,12)13)92-73(109)63(48(4)98)96-71(107)60(31-37-82)114-61(99)45-50-27-29-52(30-28-50)51-25-21-18-22-26-51/h17-30,46-48,53-60,62-63,97-98H,31-45,82H2,1-16H3,(H,83,108)(H,84,110)(H,85,111)(H,86,112)(H,87,113)(H,88,102)(H,89,100)(H,90,101)(H,91,105)(H,92,109)(H,93,106)(H,94,103)(H,95,104)(H,96,107)/t47-,48?,53-,54-,55-,56-,57-,58-,59+,60-,62-,63-/m0/s1. The number of aliphatic hydroxyl groups excluding tert-OH is 2. The largest absolute Gasteiger partial charge is 0.452 e. The molecule has 3 aromatic carbocycles. The topological polar surface area (TPSA) is 537 Å². The van der Waals surface area contributed by atoms with Gasteiger partial charge in [0.15, 0.2) is 6.10 Å². The number of nitrogens with two attached hydrogens (primary N) is 1. The monoisotopic (exact) mass is 1660 g/mol. The molecule has 12 atom stereocenters. The predicted molar refractivity (Wildman–Crippen MR) is 433 cm³/mol. The molecule has 3 aromatic rings. The molecule has 18 N–H and O–H groups in total. The zero-order chi connectivity index (χ0) is 88.4. The maximum atomic E-state index is 15.4. The second-order valence-electron chi connectivity index (χ2n) is 32.9. The van der Waals surface area contributed by atoms with Crippen LogP contribution in [0.25, 0.3) is 11.1 Å². The van der Waals surface area contributed by atoms with Crippen LogP contribution in [-0.4, -0.2) is 234 Å². The van der Waals surface area contributed by atoms with E-state index in [9.17, 15) is 63.0 Å². The van der Waals surface area contributed by atoms with E-state index in [1.54, 1.807) is 152 Å². The number of carbonyl (C=O) groups is 15. The van der Waals surface area contributed by atoms with Crippen LogP contribution in [0.5, 0.6) is 0 Å². The highest BCUT2D eigenvalue weighted by Gasteiger charge is 2.39. The van der Waals surface area contributed by atoms with Crippen molar-refractivity contribution in [3.8, 4) is 11.1 Å². The number of carbonyl (C=O) groups excluding carboxylic acids is 15. The third-order valence-corrected chi connectivity index (χ3v) is 17.1. The maximum Gasteiger partial charge on any atom is 0.407 e. The van der Waals surface area contributed by atoms with Crippen LogP contribution in [0.2, 0.25) is 0 Å². The molecular weight excluding hydrogens is 1530 g/mol. The number of amides is 14. The highest BCUT2D eigenvalue weighted by molar-refractivity contribution is 5.99. The molecule has 1 saturated heterocycles. The summed E-state index contributed by atoms with van der Waals surface area (Å²) in [5.41, 5.74) is 4.65. The average molecular weight is 1660 g/mol. The predicted octanol–water partition coefficient (Wildman–Crippen LogP) is 1.75. The van der Waals surface area contributed by atoms with E-state index in [0.717, 1.165) is 25.0 Å². The summed E-state index contributed by atoms with van der Waals surface area (Å²) in [5, 5.41) is 57.8. The first-order valence-electron chi connectivity index (χ1n) is 39.4. The van der Waals surface area contributed by atoms with Gasteiger partial charge in [-0.05, 0) is 170 Å². The van der Waals surface area contributed by atoms with Crippen LogP contribution in [0, 0.1) is 5.92 Å². The molecule has 0 aromatic heterocycles. The first-order chi connectivity index (χ1) is 55.1. The quantitative estimate of drug-likeness (QED) is 0.0334. The number of esters is 1. The van der Waals surface area contributed by atoms with Crippen LogP contribution in [-0.2, 0) is 89.3 Å². The van der Waals surface area contributed by atoms with Gasteiger partial charge in [-0.15, -0.1) is 0 Å². The fourth-order valence-corrected chi connectivity index (χ4v) is 11.5. The molecule has 0 spiro atoms. The number of alkyl carbamates (subject to hydrolysis) is 4. The Labute approximate surface area is 688 Å².